The van der Waals surface area contributed by atoms with Crippen molar-refractivity contribution in [3.05, 3.63) is 40.7 Å². The average molecular weight is 259 g/mol. The molecule has 19 heavy (non-hydrogen) atoms. The van der Waals surface area contributed by atoms with Gasteiger partial charge in [-0.1, -0.05) is 23.4 Å². The summed E-state index contributed by atoms with van der Waals surface area (Å²) < 4.78 is 7.52. The molecule has 0 atom stereocenters. The summed E-state index contributed by atoms with van der Waals surface area (Å²) in [4.78, 5) is 10.9. The Hall–Kier alpha value is -2.17. The molecule has 0 bridgehead atoms. The number of para-hydroxylation sites is 1. The van der Waals surface area contributed by atoms with Gasteiger partial charge >= 0.3 is 0 Å². The molecule has 2 rings (SSSR count). The van der Waals surface area contributed by atoms with E-state index in [1.165, 1.54) is 0 Å². The van der Waals surface area contributed by atoms with Crippen LogP contribution in [-0.2, 0) is 13.2 Å². The molecular formula is C14H17N3O2. The van der Waals surface area contributed by atoms with Crippen LogP contribution in [0, 0.1) is 13.8 Å². The van der Waals surface area contributed by atoms with Crippen LogP contribution in [0.3, 0.4) is 0 Å². The van der Waals surface area contributed by atoms with Crippen molar-refractivity contribution >= 4 is 6.29 Å². The van der Waals surface area contributed by atoms with Crippen LogP contribution in [0.4, 0.5) is 0 Å². The maximum Gasteiger partial charge on any atom is 0.172 e. The second-order valence-corrected chi connectivity index (χ2v) is 4.36. The number of benzene rings is 1. The van der Waals surface area contributed by atoms with Gasteiger partial charge in [0.05, 0.1) is 0 Å². The Morgan fingerprint density at radius 2 is 2.00 bits per heavy atom. The molecule has 0 amide bonds. The zero-order chi connectivity index (χ0) is 13.8. The number of aromatic nitrogens is 3. The highest BCUT2D eigenvalue weighted by atomic mass is 16.5. The van der Waals surface area contributed by atoms with E-state index in [9.17, 15) is 4.79 Å². The van der Waals surface area contributed by atoms with Crippen LogP contribution in [0.2, 0.25) is 0 Å². The normalized spacial score (nSPS) is 10.5. The Kier molecular flexibility index (Phi) is 3.94. The summed E-state index contributed by atoms with van der Waals surface area (Å²) in [7, 11) is 0. The van der Waals surface area contributed by atoms with Crippen molar-refractivity contribution < 1.29 is 9.53 Å². The van der Waals surface area contributed by atoms with Crippen LogP contribution in [0.1, 0.15) is 34.2 Å². The van der Waals surface area contributed by atoms with Gasteiger partial charge < -0.3 is 4.74 Å². The molecule has 0 N–H and O–H groups in total. The van der Waals surface area contributed by atoms with Gasteiger partial charge in [0.15, 0.2) is 12.0 Å². The Balaban J connectivity index is 2.23. The minimum absolute atomic E-state index is 0.292. The van der Waals surface area contributed by atoms with Gasteiger partial charge in [0, 0.05) is 6.54 Å². The quantitative estimate of drug-likeness (QED) is 0.773. The predicted octanol–water partition coefficient (Wildman–Crippen LogP) is 2.31. The lowest BCUT2D eigenvalue weighted by atomic mass is 10.1. The van der Waals surface area contributed by atoms with Gasteiger partial charge in [-0.2, -0.15) is 0 Å². The van der Waals surface area contributed by atoms with Crippen LogP contribution in [0.25, 0.3) is 0 Å². The van der Waals surface area contributed by atoms with E-state index < -0.39 is 0 Å². The number of aryl methyl sites for hydroxylation is 3. The summed E-state index contributed by atoms with van der Waals surface area (Å²) in [5.74, 6) is 0.850. The van der Waals surface area contributed by atoms with Crippen LogP contribution in [-0.4, -0.2) is 21.3 Å². The Labute approximate surface area is 112 Å². The zero-order valence-corrected chi connectivity index (χ0v) is 11.4. The molecule has 1 aromatic heterocycles. The lowest BCUT2D eigenvalue weighted by Gasteiger charge is -2.12. The smallest absolute Gasteiger partial charge is 0.172 e. The summed E-state index contributed by atoms with van der Waals surface area (Å²) in [6, 6.07) is 5.99. The van der Waals surface area contributed by atoms with E-state index in [0.29, 0.717) is 30.8 Å². The van der Waals surface area contributed by atoms with Crippen LogP contribution in [0.15, 0.2) is 18.2 Å². The van der Waals surface area contributed by atoms with Crippen LogP contribution >= 0.6 is 0 Å². The van der Waals surface area contributed by atoms with Crippen molar-refractivity contribution in [2.24, 2.45) is 0 Å². The Morgan fingerprint density at radius 1 is 1.32 bits per heavy atom. The fourth-order valence-corrected chi connectivity index (χ4v) is 2.01. The van der Waals surface area contributed by atoms with E-state index in [4.69, 9.17) is 4.74 Å². The average Bonchev–Trinajstić information content (AvgIpc) is 2.80. The standard InChI is InChI=1S/C14H17N3O2/c1-4-17-13(12(8-18)15-16-17)9-19-14-10(2)6-5-7-11(14)3/h5-8H,4,9H2,1-3H3. The summed E-state index contributed by atoms with van der Waals surface area (Å²) in [5.41, 5.74) is 3.19. The SMILES string of the molecule is CCn1nnc(C=O)c1COc1c(C)cccc1C. The number of carbonyl (C=O) groups excluding carboxylic acids is 1. The lowest BCUT2D eigenvalue weighted by Crippen LogP contribution is -2.08. The van der Waals surface area contributed by atoms with Crippen molar-refractivity contribution in [3.8, 4) is 5.75 Å². The topological polar surface area (TPSA) is 57.0 Å². The maximum absolute atomic E-state index is 10.9. The van der Waals surface area contributed by atoms with Crippen molar-refractivity contribution in [3.63, 3.8) is 0 Å². The van der Waals surface area contributed by atoms with Crippen LogP contribution < -0.4 is 4.74 Å². The molecule has 0 fully saturated rings. The zero-order valence-electron chi connectivity index (χ0n) is 11.4. The van der Waals surface area contributed by atoms with Gasteiger partial charge in [0.1, 0.15) is 18.1 Å². The second kappa shape index (κ2) is 5.65. The summed E-state index contributed by atoms with van der Waals surface area (Å²) in [6.45, 7) is 6.90. The number of hydrogen-bond donors (Lipinski definition) is 0. The second-order valence-electron chi connectivity index (χ2n) is 4.36. The number of ether oxygens (including phenoxy) is 1. The minimum Gasteiger partial charge on any atom is -0.487 e. The van der Waals surface area contributed by atoms with Gasteiger partial charge in [-0.3, -0.25) is 4.79 Å². The molecule has 2 aromatic rings. The molecule has 0 aliphatic carbocycles. The highest BCUT2D eigenvalue weighted by Gasteiger charge is 2.13. The first-order valence-electron chi connectivity index (χ1n) is 6.24. The molecule has 5 nitrogen and oxygen atoms in total. The number of rotatable bonds is 5. The van der Waals surface area contributed by atoms with Crippen molar-refractivity contribution in [2.75, 3.05) is 0 Å². The molecule has 100 valence electrons. The first-order chi connectivity index (χ1) is 9.17. The fourth-order valence-electron chi connectivity index (χ4n) is 2.01. The number of aldehydes is 1. The minimum atomic E-state index is 0.292. The van der Waals surface area contributed by atoms with Gasteiger partial charge in [-0.25, -0.2) is 4.68 Å². The fraction of sp³-hybridized carbons (Fsp3) is 0.357. The molecule has 5 heteroatoms. The third kappa shape index (κ3) is 2.65. The van der Waals surface area contributed by atoms with Crippen molar-refractivity contribution in [1.82, 2.24) is 15.0 Å². The van der Waals surface area contributed by atoms with Gasteiger partial charge in [0.2, 0.25) is 0 Å². The molecule has 0 aliphatic heterocycles. The van der Waals surface area contributed by atoms with E-state index in [2.05, 4.69) is 10.3 Å². The van der Waals surface area contributed by atoms with E-state index >= 15 is 0 Å². The van der Waals surface area contributed by atoms with Crippen molar-refractivity contribution in [1.29, 1.82) is 0 Å². The molecule has 1 heterocycles. The monoisotopic (exact) mass is 259 g/mol. The summed E-state index contributed by atoms with van der Waals surface area (Å²) in [6.07, 6.45) is 0.711. The van der Waals surface area contributed by atoms with E-state index in [1.54, 1.807) is 4.68 Å². The maximum atomic E-state index is 10.9. The molecule has 1 aromatic carbocycles. The van der Waals surface area contributed by atoms with Gasteiger partial charge in [-0.05, 0) is 31.9 Å². The number of nitrogens with zero attached hydrogens (tertiary/aromatic N) is 3. The van der Waals surface area contributed by atoms with Crippen LogP contribution in [0.5, 0.6) is 5.75 Å². The van der Waals surface area contributed by atoms with Crippen molar-refractivity contribution in [2.45, 2.75) is 33.9 Å². The first-order valence-corrected chi connectivity index (χ1v) is 6.24. The van der Waals surface area contributed by atoms with E-state index in [0.717, 1.165) is 16.9 Å². The van der Waals surface area contributed by atoms with E-state index in [-0.39, 0.29) is 0 Å². The largest absolute Gasteiger partial charge is 0.487 e. The predicted molar refractivity (Wildman–Crippen MR) is 71.3 cm³/mol. The highest BCUT2D eigenvalue weighted by Crippen LogP contribution is 2.23. The molecule has 0 radical (unpaired) electrons. The molecule has 0 spiro atoms. The first kappa shape index (κ1) is 13.3. The molecule has 0 aliphatic rings. The van der Waals surface area contributed by atoms with E-state index in [1.807, 2.05) is 39.0 Å². The summed E-state index contributed by atoms with van der Waals surface area (Å²) in [5, 5.41) is 7.75. The number of carbonyl (C=O) groups is 1. The number of hydrogen-bond acceptors (Lipinski definition) is 4. The summed E-state index contributed by atoms with van der Waals surface area (Å²) >= 11 is 0. The lowest BCUT2D eigenvalue weighted by molar-refractivity contribution is 0.111. The Morgan fingerprint density at radius 3 is 2.58 bits per heavy atom. The van der Waals surface area contributed by atoms with Gasteiger partial charge in [0.25, 0.3) is 0 Å². The third-order valence-corrected chi connectivity index (χ3v) is 3.04. The van der Waals surface area contributed by atoms with Gasteiger partial charge in [-0.15, -0.1) is 5.10 Å². The Bertz CT molecular complexity index is 570. The molecule has 0 saturated carbocycles. The third-order valence-electron chi connectivity index (χ3n) is 3.04. The highest BCUT2D eigenvalue weighted by molar-refractivity contribution is 5.73. The molecule has 0 saturated heterocycles. The molecular weight excluding hydrogens is 242 g/mol. The molecule has 0 unspecified atom stereocenters.